The fraction of sp³-hybridized carbons (Fsp3) is 0.150. The lowest BCUT2D eigenvalue weighted by atomic mass is 10.2. The van der Waals surface area contributed by atoms with Crippen molar-refractivity contribution in [3.8, 4) is 11.5 Å². The summed E-state index contributed by atoms with van der Waals surface area (Å²) in [5.41, 5.74) is 0.0177. The number of hydrogen-bond acceptors (Lipinski definition) is 7. The summed E-state index contributed by atoms with van der Waals surface area (Å²) in [6.45, 7) is 3.35. The number of furan rings is 1. The first-order valence-corrected chi connectivity index (χ1v) is 10.3. The number of aromatic nitrogens is 5. The summed E-state index contributed by atoms with van der Waals surface area (Å²) in [4.78, 5) is 35.7. The molecule has 0 radical (unpaired) electrons. The van der Waals surface area contributed by atoms with Crippen LogP contribution in [0.1, 0.15) is 26.8 Å². The molecule has 0 aliphatic rings. The van der Waals surface area contributed by atoms with Crippen molar-refractivity contribution >= 4 is 33.1 Å². The maximum atomic E-state index is 13.7. The van der Waals surface area contributed by atoms with Crippen LogP contribution in [0.5, 0.6) is 0 Å². The number of fused-ring (bicyclic) bond motifs is 2. The van der Waals surface area contributed by atoms with E-state index in [9.17, 15) is 22.8 Å². The number of alkyl halides is 3. The number of thiophene rings is 1. The molecule has 0 unspecified atom stereocenters. The third-order valence-corrected chi connectivity index (χ3v) is 5.79. The minimum absolute atomic E-state index is 0.0881. The van der Waals surface area contributed by atoms with Gasteiger partial charge < -0.3 is 4.42 Å². The Labute approximate surface area is 186 Å². The quantitative estimate of drug-likeness (QED) is 0.427. The lowest BCUT2D eigenvalue weighted by Gasteiger charge is -2.12. The lowest BCUT2D eigenvalue weighted by Crippen LogP contribution is -2.35. The Morgan fingerprint density at radius 3 is 2.70 bits per heavy atom. The fourth-order valence-corrected chi connectivity index (χ4v) is 4.29. The molecule has 0 saturated heterocycles. The molecule has 5 heterocycles. The van der Waals surface area contributed by atoms with E-state index < -0.39 is 23.3 Å². The van der Waals surface area contributed by atoms with E-state index in [-0.39, 0.29) is 28.5 Å². The van der Waals surface area contributed by atoms with Crippen LogP contribution in [-0.2, 0) is 6.18 Å². The highest BCUT2D eigenvalue weighted by molar-refractivity contribution is 7.18. The highest BCUT2D eigenvalue weighted by Gasteiger charge is 2.36. The topological polar surface area (TPSA) is 107 Å². The van der Waals surface area contributed by atoms with E-state index in [0.717, 1.165) is 21.8 Å². The zero-order valence-electron chi connectivity index (χ0n) is 17.0. The number of aryl methyl sites for hydroxylation is 2. The van der Waals surface area contributed by atoms with Gasteiger partial charge in [0.05, 0.1) is 17.8 Å². The molecule has 0 saturated carbocycles. The SMILES string of the molecule is Cc1cc2c(=O)n(NC(=O)c3cnn4c(C(F)(F)F)cc(-c5ccco5)nc34)c(C)nc2s1. The zero-order chi connectivity index (χ0) is 23.5. The molecule has 5 rings (SSSR count). The van der Waals surface area contributed by atoms with Gasteiger partial charge in [0.25, 0.3) is 11.5 Å². The van der Waals surface area contributed by atoms with Crippen LogP contribution in [0.2, 0.25) is 0 Å². The predicted octanol–water partition coefficient (Wildman–Crippen LogP) is 3.78. The second-order valence-electron chi connectivity index (χ2n) is 7.11. The van der Waals surface area contributed by atoms with E-state index >= 15 is 0 Å². The third kappa shape index (κ3) is 3.46. The maximum Gasteiger partial charge on any atom is 0.433 e. The van der Waals surface area contributed by atoms with E-state index in [1.54, 1.807) is 6.07 Å². The first kappa shape index (κ1) is 20.9. The van der Waals surface area contributed by atoms with Crippen molar-refractivity contribution in [2.45, 2.75) is 20.0 Å². The van der Waals surface area contributed by atoms with Crippen LogP contribution in [0.25, 0.3) is 27.3 Å². The number of nitrogens with zero attached hydrogens (tertiary/aromatic N) is 5. The largest absolute Gasteiger partial charge is 0.463 e. The number of hydrogen-bond donors (Lipinski definition) is 1. The summed E-state index contributed by atoms with van der Waals surface area (Å²) in [5, 5.41) is 4.03. The predicted molar refractivity (Wildman–Crippen MR) is 113 cm³/mol. The summed E-state index contributed by atoms with van der Waals surface area (Å²) in [5.74, 6) is -0.579. The Morgan fingerprint density at radius 2 is 2.00 bits per heavy atom. The van der Waals surface area contributed by atoms with E-state index in [4.69, 9.17) is 4.42 Å². The first-order valence-electron chi connectivity index (χ1n) is 9.44. The first-order chi connectivity index (χ1) is 15.6. The van der Waals surface area contributed by atoms with Gasteiger partial charge >= 0.3 is 6.18 Å². The van der Waals surface area contributed by atoms with Gasteiger partial charge in [-0.3, -0.25) is 15.0 Å². The molecule has 0 aromatic carbocycles. The molecule has 9 nitrogen and oxygen atoms in total. The zero-order valence-corrected chi connectivity index (χ0v) is 17.8. The van der Waals surface area contributed by atoms with Crippen molar-refractivity contribution in [2.24, 2.45) is 0 Å². The molecular formula is C20H13F3N6O3S. The Bertz CT molecular complexity index is 1600. The maximum absolute atomic E-state index is 13.7. The molecule has 5 aromatic heterocycles. The molecule has 0 fully saturated rings. The van der Waals surface area contributed by atoms with Gasteiger partial charge in [0.2, 0.25) is 0 Å². The van der Waals surface area contributed by atoms with Crippen LogP contribution in [0.3, 0.4) is 0 Å². The molecule has 0 bridgehead atoms. The van der Waals surface area contributed by atoms with Crippen molar-refractivity contribution in [2.75, 3.05) is 5.43 Å². The fourth-order valence-electron chi connectivity index (χ4n) is 3.37. The summed E-state index contributed by atoms with van der Waals surface area (Å²) in [6.07, 6.45) is -2.52. The molecule has 168 valence electrons. The second kappa shape index (κ2) is 7.27. The Morgan fingerprint density at radius 1 is 1.21 bits per heavy atom. The van der Waals surface area contributed by atoms with Crippen molar-refractivity contribution in [3.63, 3.8) is 0 Å². The van der Waals surface area contributed by atoms with Crippen LogP contribution in [0.4, 0.5) is 13.2 Å². The van der Waals surface area contributed by atoms with E-state index in [0.29, 0.717) is 14.7 Å². The standard InChI is InChI=1S/C20H13F3N6O3S/c1-9-6-11-18(33-9)25-10(2)28(19(11)31)27-17(30)12-8-24-29-15(20(21,22)23)7-13(26-16(12)29)14-4-3-5-32-14/h3-8H,1-2H3,(H,27,30). The molecular weight excluding hydrogens is 461 g/mol. The van der Waals surface area contributed by atoms with Gasteiger partial charge in [-0.15, -0.1) is 11.3 Å². The molecule has 0 aliphatic heterocycles. The molecule has 0 aliphatic carbocycles. The monoisotopic (exact) mass is 474 g/mol. The summed E-state index contributed by atoms with van der Waals surface area (Å²) < 4.78 is 47.7. The molecule has 0 spiro atoms. The number of nitrogens with one attached hydrogen (secondary N) is 1. The Hall–Kier alpha value is -4.00. The molecule has 5 aromatic rings. The van der Waals surface area contributed by atoms with E-state index in [1.165, 1.54) is 36.7 Å². The second-order valence-corrected chi connectivity index (χ2v) is 8.35. The Kier molecular flexibility index (Phi) is 4.60. The minimum Gasteiger partial charge on any atom is -0.463 e. The summed E-state index contributed by atoms with van der Waals surface area (Å²) in [6, 6.07) is 5.39. The van der Waals surface area contributed by atoms with Gasteiger partial charge in [-0.1, -0.05) is 0 Å². The average Bonchev–Trinajstić information content (AvgIpc) is 3.48. The van der Waals surface area contributed by atoms with Gasteiger partial charge in [-0.05, 0) is 38.1 Å². The average molecular weight is 474 g/mol. The van der Waals surface area contributed by atoms with Crippen molar-refractivity contribution in [3.05, 3.63) is 69.0 Å². The smallest absolute Gasteiger partial charge is 0.433 e. The van der Waals surface area contributed by atoms with Gasteiger partial charge in [0.15, 0.2) is 17.1 Å². The van der Waals surface area contributed by atoms with Gasteiger partial charge in [0.1, 0.15) is 21.9 Å². The normalized spacial score (nSPS) is 12.0. The molecule has 33 heavy (non-hydrogen) atoms. The van der Waals surface area contributed by atoms with Crippen molar-refractivity contribution in [1.29, 1.82) is 0 Å². The van der Waals surface area contributed by atoms with Crippen LogP contribution < -0.4 is 11.0 Å². The van der Waals surface area contributed by atoms with Gasteiger partial charge in [-0.2, -0.15) is 18.3 Å². The van der Waals surface area contributed by atoms with Gasteiger partial charge in [-0.25, -0.2) is 19.2 Å². The van der Waals surface area contributed by atoms with E-state index in [2.05, 4.69) is 20.5 Å². The highest BCUT2D eigenvalue weighted by atomic mass is 32.1. The highest BCUT2D eigenvalue weighted by Crippen LogP contribution is 2.33. The third-order valence-electron chi connectivity index (χ3n) is 4.85. The van der Waals surface area contributed by atoms with Crippen LogP contribution in [-0.4, -0.2) is 30.2 Å². The number of amides is 1. The molecule has 13 heteroatoms. The van der Waals surface area contributed by atoms with Crippen LogP contribution >= 0.6 is 11.3 Å². The van der Waals surface area contributed by atoms with Gasteiger partial charge in [0, 0.05) is 4.88 Å². The summed E-state index contributed by atoms with van der Waals surface area (Å²) in [7, 11) is 0. The Balaban J connectivity index is 1.63. The van der Waals surface area contributed by atoms with Crippen LogP contribution in [0, 0.1) is 13.8 Å². The number of carbonyl (C=O) groups excluding carboxylic acids is 1. The molecule has 1 N–H and O–H groups in total. The minimum atomic E-state index is -4.78. The van der Waals surface area contributed by atoms with Crippen molar-refractivity contribution in [1.82, 2.24) is 24.3 Å². The molecule has 1 amide bonds. The van der Waals surface area contributed by atoms with Crippen LogP contribution in [0.15, 0.2) is 45.9 Å². The number of rotatable bonds is 3. The lowest BCUT2D eigenvalue weighted by molar-refractivity contribution is -0.142. The number of halogens is 3. The van der Waals surface area contributed by atoms with E-state index in [1.807, 2.05) is 6.92 Å². The molecule has 0 atom stereocenters. The van der Waals surface area contributed by atoms with Crippen molar-refractivity contribution < 1.29 is 22.4 Å². The summed E-state index contributed by atoms with van der Waals surface area (Å²) >= 11 is 1.34. The number of carbonyl (C=O) groups is 1.